The minimum Gasteiger partial charge on any atom is -0.459 e. The zero-order chi connectivity index (χ0) is 25.6. The molecule has 1 unspecified atom stereocenters. The minimum absolute atomic E-state index is 0.0714. The average Bonchev–Trinajstić information content (AvgIpc) is 3.25. The number of rotatable bonds is 8. The van der Waals surface area contributed by atoms with Crippen molar-refractivity contribution in [3.05, 3.63) is 130 Å². The van der Waals surface area contributed by atoms with Crippen LogP contribution in [0, 0.1) is 0 Å². The van der Waals surface area contributed by atoms with Gasteiger partial charge < -0.3 is 14.8 Å². The lowest BCUT2D eigenvalue weighted by atomic mass is 9.98. The van der Waals surface area contributed by atoms with Gasteiger partial charge in [0.1, 0.15) is 19.3 Å². The molecule has 0 aromatic heterocycles. The topological polar surface area (TPSA) is 64.6 Å². The van der Waals surface area contributed by atoms with Crippen molar-refractivity contribution in [2.24, 2.45) is 0 Å². The molecule has 1 aliphatic rings. The number of fused-ring (bicyclic) bond motifs is 3. The van der Waals surface area contributed by atoms with Gasteiger partial charge in [-0.2, -0.15) is 0 Å². The largest absolute Gasteiger partial charge is 0.459 e. The van der Waals surface area contributed by atoms with Gasteiger partial charge in [0.15, 0.2) is 0 Å². The third-order valence-electron chi connectivity index (χ3n) is 6.50. The molecule has 1 aliphatic carbocycles. The third kappa shape index (κ3) is 5.84. The van der Waals surface area contributed by atoms with E-state index in [1.807, 2.05) is 66.7 Å². The van der Waals surface area contributed by atoms with Crippen LogP contribution in [0.3, 0.4) is 0 Å². The van der Waals surface area contributed by atoms with Gasteiger partial charge in [-0.05, 0) is 45.5 Å². The van der Waals surface area contributed by atoms with Crippen molar-refractivity contribution in [2.45, 2.75) is 25.0 Å². The Balaban J connectivity index is 1.27. The number of nitrogens with one attached hydrogen (secondary N) is 1. The van der Waals surface area contributed by atoms with Crippen molar-refractivity contribution in [3.8, 4) is 11.1 Å². The van der Waals surface area contributed by atoms with E-state index < -0.39 is 18.1 Å². The predicted molar refractivity (Wildman–Crippen MR) is 143 cm³/mol. The van der Waals surface area contributed by atoms with E-state index in [0.717, 1.165) is 33.4 Å². The number of ether oxygens (including phenoxy) is 2. The quantitative estimate of drug-likeness (QED) is 0.273. The van der Waals surface area contributed by atoms with E-state index in [0.29, 0.717) is 5.02 Å². The molecule has 6 heteroatoms. The number of hydrogen-bond donors (Lipinski definition) is 1. The van der Waals surface area contributed by atoms with Gasteiger partial charge >= 0.3 is 12.1 Å². The zero-order valence-corrected chi connectivity index (χ0v) is 20.9. The smallest absolute Gasteiger partial charge is 0.407 e. The molecule has 4 aromatic carbocycles. The maximum absolute atomic E-state index is 13.0. The normalized spacial score (nSPS) is 12.8. The van der Waals surface area contributed by atoms with Crippen LogP contribution < -0.4 is 5.32 Å². The summed E-state index contributed by atoms with van der Waals surface area (Å²) < 4.78 is 11.2. The molecule has 1 atom stereocenters. The molecule has 0 fully saturated rings. The molecule has 4 aromatic rings. The number of amides is 1. The fraction of sp³-hybridized carbons (Fsp3) is 0.161. The summed E-state index contributed by atoms with van der Waals surface area (Å²) in [7, 11) is 0. The van der Waals surface area contributed by atoms with E-state index in [1.165, 1.54) is 0 Å². The molecule has 0 radical (unpaired) electrons. The summed E-state index contributed by atoms with van der Waals surface area (Å²) in [5.74, 6) is -0.606. The van der Waals surface area contributed by atoms with Crippen LogP contribution in [0.15, 0.2) is 103 Å². The SMILES string of the molecule is O=C(NC(Cc1ccc(Cl)cc1)C(=O)OCc1ccccc1)OCC1c2ccccc2-c2ccccc21. The van der Waals surface area contributed by atoms with E-state index in [9.17, 15) is 9.59 Å². The second-order valence-electron chi connectivity index (χ2n) is 8.95. The molecule has 186 valence electrons. The third-order valence-corrected chi connectivity index (χ3v) is 6.75. The summed E-state index contributed by atoms with van der Waals surface area (Å²) in [6, 6.07) is 31.9. The first-order valence-corrected chi connectivity index (χ1v) is 12.5. The Hall–Kier alpha value is -4.09. The molecule has 0 saturated heterocycles. The molecule has 0 heterocycles. The van der Waals surface area contributed by atoms with Crippen LogP contribution >= 0.6 is 11.6 Å². The Morgan fingerprint density at radius 3 is 1.97 bits per heavy atom. The highest BCUT2D eigenvalue weighted by molar-refractivity contribution is 6.30. The number of esters is 1. The molecular weight excluding hydrogens is 486 g/mol. The van der Waals surface area contributed by atoms with E-state index in [2.05, 4.69) is 29.6 Å². The number of carbonyl (C=O) groups excluding carboxylic acids is 2. The highest BCUT2D eigenvalue weighted by Gasteiger charge is 2.30. The number of halogens is 1. The van der Waals surface area contributed by atoms with Gasteiger partial charge in [-0.3, -0.25) is 0 Å². The second-order valence-corrected chi connectivity index (χ2v) is 9.38. The molecule has 1 amide bonds. The lowest BCUT2D eigenvalue weighted by Crippen LogP contribution is -2.43. The number of alkyl carbamates (subject to hydrolysis) is 1. The second kappa shape index (κ2) is 11.3. The fourth-order valence-corrected chi connectivity index (χ4v) is 4.79. The number of carbonyl (C=O) groups is 2. The summed E-state index contributed by atoms with van der Waals surface area (Å²) in [6.45, 7) is 0.274. The monoisotopic (exact) mass is 511 g/mol. The van der Waals surface area contributed by atoms with Crippen molar-refractivity contribution in [1.29, 1.82) is 0 Å². The first-order valence-electron chi connectivity index (χ1n) is 12.1. The van der Waals surface area contributed by atoms with Crippen LogP contribution in [0.5, 0.6) is 0 Å². The van der Waals surface area contributed by atoms with E-state index in [1.54, 1.807) is 12.1 Å². The average molecular weight is 512 g/mol. The zero-order valence-electron chi connectivity index (χ0n) is 20.1. The maximum atomic E-state index is 13.0. The molecule has 5 nitrogen and oxygen atoms in total. The summed E-state index contributed by atoms with van der Waals surface area (Å²) in [4.78, 5) is 25.9. The van der Waals surface area contributed by atoms with Crippen molar-refractivity contribution in [3.63, 3.8) is 0 Å². The highest BCUT2D eigenvalue weighted by atomic mass is 35.5. The predicted octanol–water partition coefficient (Wildman–Crippen LogP) is 6.53. The number of hydrogen-bond acceptors (Lipinski definition) is 4. The molecule has 0 bridgehead atoms. The highest BCUT2D eigenvalue weighted by Crippen LogP contribution is 2.44. The van der Waals surface area contributed by atoms with Crippen LogP contribution in [0.1, 0.15) is 28.2 Å². The summed E-state index contributed by atoms with van der Waals surface area (Å²) in [5.41, 5.74) is 6.25. The van der Waals surface area contributed by atoms with Gasteiger partial charge in [-0.15, -0.1) is 0 Å². The Labute approximate surface area is 221 Å². The van der Waals surface area contributed by atoms with Crippen LogP contribution in [0.4, 0.5) is 4.79 Å². The summed E-state index contributed by atoms with van der Waals surface area (Å²) in [5, 5.41) is 3.31. The van der Waals surface area contributed by atoms with Gasteiger partial charge in [0, 0.05) is 17.4 Å². The standard InChI is InChI=1S/C31H26ClNO4/c32-23-16-14-21(15-17-23)18-29(30(34)36-19-22-8-2-1-3-9-22)33-31(35)37-20-28-26-12-6-4-10-24(26)25-11-5-7-13-27(25)28/h1-17,28-29H,18-20H2,(H,33,35). The van der Waals surface area contributed by atoms with Crippen molar-refractivity contribution in [2.75, 3.05) is 6.61 Å². The van der Waals surface area contributed by atoms with E-state index in [-0.39, 0.29) is 25.6 Å². The van der Waals surface area contributed by atoms with Gasteiger partial charge in [0.05, 0.1) is 0 Å². The van der Waals surface area contributed by atoms with Crippen molar-refractivity contribution < 1.29 is 19.1 Å². The fourth-order valence-electron chi connectivity index (χ4n) is 4.66. The lowest BCUT2D eigenvalue weighted by molar-refractivity contribution is -0.147. The molecule has 37 heavy (non-hydrogen) atoms. The van der Waals surface area contributed by atoms with Crippen LogP contribution in [-0.4, -0.2) is 24.7 Å². The van der Waals surface area contributed by atoms with Gasteiger partial charge in [-0.1, -0.05) is 103 Å². The van der Waals surface area contributed by atoms with Gasteiger partial charge in [-0.25, -0.2) is 9.59 Å². The van der Waals surface area contributed by atoms with Crippen molar-refractivity contribution >= 4 is 23.7 Å². The molecular formula is C31H26ClNO4. The minimum atomic E-state index is -0.916. The van der Waals surface area contributed by atoms with Gasteiger partial charge in [0.25, 0.3) is 0 Å². The number of benzene rings is 4. The van der Waals surface area contributed by atoms with E-state index >= 15 is 0 Å². The Morgan fingerprint density at radius 1 is 0.730 bits per heavy atom. The summed E-state index contributed by atoms with van der Waals surface area (Å²) >= 11 is 6.01. The summed E-state index contributed by atoms with van der Waals surface area (Å²) in [6.07, 6.45) is -0.424. The molecule has 0 saturated carbocycles. The lowest BCUT2D eigenvalue weighted by Gasteiger charge is -2.19. The molecule has 5 rings (SSSR count). The van der Waals surface area contributed by atoms with E-state index in [4.69, 9.17) is 21.1 Å². The molecule has 0 aliphatic heterocycles. The Morgan fingerprint density at radius 2 is 1.32 bits per heavy atom. The Kier molecular flexibility index (Phi) is 7.52. The molecule has 0 spiro atoms. The molecule has 1 N–H and O–H groups in total. The maximum Gasteiger partial charge on any atom is 0.407 e. The Bertz CT molecular complexity index is 1340. The first-order chi connectivity index (χ1) is 18.1. The first kappa shape index (κ1) is 24.6. The van der Waals surface area contributed by atoms with Crippen LogP contribution in [0.25, 0.3) is 11.1 Å². The van der Waals surface area contributed by atoms with Crippen LogP contribution in [0.2, 0.25) is 5.02 Å². The van der Waals surface area contributed by atoms with Crippen molar-refractivity contribution in [1.82, 2.24) is 5.32 Å². The van der Waals surface area contributed by atoms with Crippen LogP contribution in [-0.2, 0) is 27.3 Å². The van der Waals surface area contributed by atoms with Gasteiger partial charge in [0.2, 0.25) is 0 Å².